The first-order valence-electron chi connectivity index (χ1n) is 11.9. The van der Waals surface area contributed by atoms with Crippen molar-refractivity contribution in [3.05, 3.63) is 59.7 Å². The van der Waals surface area contributed by atoms with Crippen LogP contribution in [0.15, 0.2) is 42.6 Å². The lowest BCUT2D eigenvalue weighted by atomic mass is 9.84. The summed E-state index contributed by atoms with van der Waals surface area (Å²) in [4.78, 5) is 15.6. The molecule has 2 aromatic rings. The molecule has 0 aliphatic heterocycles. The molecular formula is C27H39FN2O. The lowest BCUT2D eigenvalue weighted by Crippen LogP contribution is -2.42. The number of carbonyl (C=O) groups excluding carboxylic acids is 1. The number of aromatic nitrogens is 1. The minimum atomic E-state index is -0.213. The summed E-state index contributed by atoms with van der Waals surface area (Å²) >= 11 is 0. The standard InChI is InChI=1S/C27H39FN2O/c1-21(18-27(2,3)4)17-26(31)30(24-9-6-5-7-10-24)20-25-11-8-16-29(25)19-22-12-14-23(28)15-13-22/h8,11-16,21,24H,5-7,9-10,17-20H2,1-4H3. The molecule has 0 bridgehead atoms. The maximum absolute atomic E-state index is 13.4. The summed E-state index contributed by atoms with van der Waals surface area (Å²) in [5, 5.41) is 0. The van der Waals surface area contributed by atoms with E-state index < -0.39 is 0 Å². The highest BCUT2D eigenvalue weighted by Gasteiger charge is 2.28. The first-order chi connectivity index (χ1) is 14.7. The van der Waals surface area contributed by atoms with E-state index in [4.69, 9.17) is 0 Å². The van der Waals surface area contributed by atoms with Crippen LogP contribution in [0.3, 0.4) is 0 Å². The van der Waals surface area contributed by atoms with E-state index in [0.29, 0.717) is 31.5 Å². The molecule has 1 aliphatic carbocycles. The molecule has 1 unspecified atom stereocenters. The summed E-state index contributed by atoms with van der Waals surface area (Å²) in [6.07, 6.45) is 9.65. The lowest BCUT2D eigenvalue weighted by Gasteiger charge is -2.36. The Bertz CT molecular complexity index is 828. The zero-order chi connectivity index (χ0) is 22.4. The van der Waals surface area contributed by atoms with E-state index in [-0.39, 0.29) is 17.1 Å². The molecule has 0 N–H and O–H groups in total. The SMILES string of the molecule is CC(CC(=O)N(Cc1cccn1Cc1ccc(F)cc1)C1CCCCC1)CC(C)(C)C. The van der Waals surface area contributed by atoms with Gasteiger partial charge in [-0.2, -0.15) is 0 Å². The molecule has 0 spiro atoms. The van der Waals surface area contributed by atoms with Gasteiger partial charge in [0.2, 0.25) is 5.91 Å². The van der Waals surface area contributed by atoms with Crippen LogP contribution >= 0.6 is 0 Å². The minimum absolute atomic E-state index is 0.213. The summed E-state index contributed by atoms with van der Waals surface area (Å²) < 4.78 is 15.5. The molecule has 1 atom stereocenters. The number of hydrogen-bond donors (Lipinski definition) is 0. The summed E-state index contributed by atoms with van der Waals surface area (Å²) in [5.41, 5.74) is 2.44. The number of amides is 1. The molecule has 1 amide bonds. The molecule has 3 rings (SSSR count). The monoisotopic (exact) mass is 426 g/mol. The van der Waals surface area contributed by atoms with Gasteiger partial charge in [-0.15, -0.1) is 0 Å². The Kier molecular flexibility index (Phi) is 7.96. The Balaban J connectivity index is 1.74. The molecule has 0 radical (unpaired) electrons. The molecule has 1 heterocycles. The van der Waals surface area contributed by atoms with Gasteiger partial charge in [-0.05, 0) is 60.4 Å². The predicted octanol–water partition coefficient (Wildman–Crippen LogP) is 6.80. The van der Waals surface area contributed by atoms with Crippen molar-refractivity contribution in [3.8, 4) is 0 Å². The van der Waals surface area contributed by atoms with Crippen molar-refractivity contribution in [2.75, 3.05) is 0 Å². The zero-order valence-electron chi connectivity index (χ0n) is 19.7. The smallest absolute Gasteiger partial charge is 0.223 e. The van der Waals surface area contributed by atoms with Gasteiger partial charge >= 0.3 is 0 Å². The fourth-order valence-electron chi connectivity index (χ4n) is 5.05. The van der Waals surface area contributed by atoms with E-state index in [1.807, 2.05) is 18.2 Å². The largest absolute Gasteiger partial charge is 0.345 e. The van der Waals surface area contributed by atoms with Gasteiger partial charge in [0.15, 0.2) is 0 Å². The fourth-order valence-corrected chi connectivity index (χ4v) is 5.05. The molecule has 31 heavy (non-hydrogen) atoms. The average Bonchev–Trinajstić information content (AvgIpc) is 3.13. The Morgan fingerprint density at radius 2 is 1.81 bits per heavy atom. The maximum atomic E-state index is 13.4. The fraction of sp³-hybridized carbons (Fsp3) is 0.593. The first kappa shape index (κ1) is 23.6. The molecule has 170 valence electrons. The number of halogens is 1. The van der Waals surface area contributed by atoms with E-state index in [1.54, 1.807) is 0 Å². The number of carbonyl (C=O) groups is 1. The van der Waals surface area contributed by atoms with Gasteiger partial charge in [-0.3, -0.25) is 4.79 Å². The lowest BCUT2D eigenvalue weighted by molar-refractivity contribution is -0.136. The highest BCUT2D eigenvalue weighted by molar-refractivity contribution is 5.76. The zero-order valence-corrected chi connectivity index (χ0v) is 19.7. The normalized spacial score (nSPS) is 16.3. The quantitative estimate of drug-likeness (QED) is 0.456. The number of hydrogen-bond acceptors (Lipinski definition) is 1. The van der Waals surface area contributed by atoms with E-state index in [1.165, 1.54) is 31.4 Å². The second-order valence-corrected chi connectivity index (χ2v) is 10.6. The molecule has 1 saturated carbocycles. The summed E-state index contributed by atoms with van der Waals surface area (Å²) in [6.45, 7) is 10.3. The van der Waals surface area contributed by atoms with Gasteiger partial charge in [-0.1, -0.05) is 59.1 Å². The van der Waals surface area contributed by atoms with Crippen LogP contribution in [-0.2, 0) is 17.9 Å². The van der Waals surface area contributed by atoms with Crippen LogP contribution in [-0.4, -0.2) is 21.4 Å². The topological polar surface area (TPSA) is 25.2 Å². The van der Waals surface area contributed by atoms with E-state index >= 15 is 0 Å². The summed E-state index contributed by atoms with van der Waals surface area (Å²) in [6, 6.07) is 11.2. The van der Waals surface area contributed by atoms with E-state index in [0.717, 1.165) is 30.5 Å². The van der Waals surface area contributed by atoms with Crippen molar-refractivity contribution in [3.63, 3.8) is 0 Å². The third-order valence-electron chi connectivity index (χ3n) is 6.34. The van der Waals surface area contributed by atoms with Crippen molar-refractivity contribution in [1.82, 2.24) is 9.47 Å². The average molecular weight is 427 g/mol. The van der Waals surface area contributed by atoms with Gasteiger partial charge in [0.25, 0.3) is 0 Å². The first-order valence-corrected chi connectivity index (χ1v) is 11.9. The molecule has 1 aliphatic rings. The highest BCUT2D eigenvalue weighted by atomic mass is 19.1. The number of benzene rings is 1. The minimum Gasteiger partial charge on any atom is -0.345 e. The highest BCUT2D eigenvalue weighted by Crippen LogP contribution is 2.29. The molecular weight excluding hydrogens is 387 g/mol. The van der Waals surface area contributed by atoms with Crippen LogP contribution in [0.5, 0.6) is 0 Å². The van der Waals surface area contributed by atoms with Gasteiger partial charge in [0.1, 0.15) is 5.82 Å². The second kappa shape index (κ2) is 10.5. The van der Waals surface area contributed by atoms with Gasteiger partial charge in [0.05, 0.1) is 6.54 Å². The molecule has 1 aromatic heterocycles. The molecule has 1 aromatic carbocycles. The number of rotatable bonds is 8. The van der Waals surface area contributed by atoms with Crippen LogP contribution in [0, 0.1) is 17.2 Å². The Hall–Kier alpha value is -2.10. The summed E-state index contributed by atoms with van der Waals surface area (Å²) in [5.74, 6) is 0.456. The van der Waals surface area contributed by atoms with Crippen molar-refractivity contribution in [2.45, 2.75) is 91.8 Å². The van der Waals surface area contributed by atoms with Crippen LogP contribution in [0.4, 0.5) is 4.39 Å². The van der Waals surface area contributed by atoms with Gasteiger partial charge in [-0.25, -0.2) is 4.39 Å². The Morgan fingerprint density at radius 3 is 2.45 bits per heavy atom. The van der Waals surface area contributed by atoms with Crippen LogP contribution < -0.4 is 0 Å². The van der Waals surface area contributed by atoms with Crippen LogP contribution in [0.2, 0.25) is 0 Å². The van der Waals surface area contributed by atoms with E-state index in [2.05, 4.69) is 49.4 Å². The second-order valence-electron chi connectivity index (χ2n) is 10.6. The predicted molar refractivity (Wildman–Crippen MR) is 125 cm³/mol. The Morgan fingerprint density at radius 1 is 1.13 bits per heavy atom. The Labute approximate surface area is 187 Å². The van der Waals surface area contributed by atoms with Crippen LogP contribution in [0.25, 0.3) is 0 Å². The van der Waals surface area contributed by atoms with Crippen molar-refractivity contribution in [2.24, 2.45) is 11.3 Å². The number of nitrogens with zero attached hydrogens (tertiary/aromatic N) is 2. The molecule has 1 fully saturated rings. The van der Waals surface area contributed by atoms with Gasteiger partial charge < -0.3 is 9.47 Å². The third-order valence-corrected chi connectivity index (χ3v) is 6.34. The van der Waals surface area contributed by atoms with E-state index in [9.17, 15) is 9.18 Å². The van der Waals surface area contributed by atoms with Gasteiger partial charge in [0, 0.05) is 30.9 Å². The molecule has 3 nitrogen and oxygen atoms in total. The maximum Gasteiger partial charge on any atom is 0.223 e. The van der Waals surface area contributed by atoms with Crippen molar-refractivity contribution in [1.29, 1.82) is 0 Å². The van der Waals surface area contributed by atoms with Crippen molar-refractivity contribution >= 4 is 5.91 Å². The molecule has 0 saturated heterocycles. The van der Waals surface area contributed by atoms with Crippen LogP contribution in [0.1, 0.15) is 83.9 Å². The summed E-state index contributed by atoms with van der Waals surface area (Å²) in [7, 11) is 0. The van der Waals surface area contributed by atoms with Crippen molar-refractivity contribution < 1.29 is 9.18 Å². The molecule has 4 heteroatoms. The third kappa shape index (κ3) is 7.22.